The molecule has 0 aliphatic rings. The summed E-state index contributed by atoms with van der Waals surface area (Å²) in [4.78, 5) is 4.99. The summed E-state index contributed by atoms with van der Waals surface area (Å²) in [6.45, 7) is 11.3. The van der Waals surface area contributed by atoms with E-state index >= 15 is 0 Å². The van der Waals surface area contributed by atoms with Crippen LogP contribution in [0, 0.1) is 5.41 Å². The highest BCUT2D eigenvalue weighted by Gasteiger charge is 2.09. The normalized spacial score (nSPS) is 12.9. The van der Waals surface area contributed by atoms with Gasteiger partial charge in [-0.15, -0.1) is 0 Å². The van der Waals surface area contributed by atoms with E-state index in [0.717, 1.165) is 44.0 Å². The number of rotatable bonds is 9. The topological polar surface area (TPSA) is 70.6 Å². The molecule has 0 aliphatic heterocycles. The number of aliphatic imine (C=N–C) groups is 1. The number of unbranched alkanes of at least 4 members (excludes halogenated alkanes) is 1. The van der Waals surface area contributed by atoms with E-state index in [1.807, 2.05) is 12.1 Å². The summed E-state index contributed by atoms with van der Waals surface area (Å²) in [6, 6.07) is 7.07. The summed E-state index contributed by atoms with van der Waals surface area (Å²) >= 11 is 0. The average Bonchev–Trinajstić information content (AvgIpc) is 2.53. The van der Waals surface area contributed by atoms with Crippen molar-refractivity contribution in [2.45, 2.75) is 58.3 Å². The van der Waals surface area contributed by atoms with Crippen LogP contribution in [0.5, 0.6) is 0 Å². The van der Waals surface area contributed by atoms with Crippen molar-refractivity contribution in [2.75, 3.05) is 25.9 Å². The van der Waals surface area contributed by atoms with Crippen molar-refractivity contribution < 1.29 is 8.42 Å². The monoisotopic (exact) mass is 381 g/mol. The Labute approximate surface area is 159 Å². The van der Waals surface area contributed by atoms with Gasteiger partial charge in [0, 0.05) is 25.9 Å². The van der Waals surface area contributed by atoms with Gasteiger partial charge in [0.25, 0.3) is 0 Å². The number of sulfone groups is 1. The van der Waals surface area contributed by atoms with E-state index < -0.39 is 9.84 Å². The highest BCUT2D eigenvalue weighted by molar-refractivity contribution is 7.90. The van der Waals surface area contributed by atoms with Crippen molar-refractivity contribution in [3.8, 4) is 0 Å². The van der Waals surface area contributed by atoms with Gasteiger partial charge in [-0.25, -0.2) is 8.42 Å². The van der Waals surface area contributed by atoms with Crippen LogP contribution in [0.4, 0.5) is 0 Å². The lowest BCUT2D eigenvalue weighted by Gasteiger charge is -2.17. The third kappa shape index (κ3) is 9.80. The van der Waals surface area contributed by atoms with Gasteiger partial charge in [0.15, 0.2) is 15.8 Å². The quantitative estimate of drug-likeness (QED) is 0.391. The van der Waals surface area contributed by atoms with Crippen LogP contribution in [-0.4, -0.2) is 40.3 Å². The standard InChI is InChI=1S/C20H35N3O2S/c1-6-21-19(22-15-8-7-14-20(2,3)4)23-16-13-17-9-11-18(12-10-17)26(5,24)25/h9-12H,6-8,13-16H2,1-5H3,(H2,21,22,23). The molecule has 26 heavy (non-hydrogen) atoms. The second kappa shape index (κ2) is 10.6. The minimum atomic E-state index is -3.13. The van der Waals surface area contributed by atoms with Gasteiger partial charge < -0.3 is 10.6 Å². The van der Waals surface area contributed by atoms with Gasteiger partial charge in [-0.1, -0.05) is 39.3 Å². The fourth-order valence-electron chi connectivity index (χ4n) is 2.53. The fourth-order valence-corrected chi connectivity index (χ4v) is 3.16. The molecule has 0 amide bonds. The Kier molecular flexibility index (Phi) is 9.13. The van der Waals surface area contributed by atoms with Gasteiger partial charge >= 0.3 is 0 Å². The number of hydrogen-bond donors (Lipinski definition) is 2. The molecule has 1 rings (SSSR count). The summed E-state index contributed by atoms with van der Waals surface area (Å²) in [5, 5.41) is 6.61. The zero-order chi connectivity index (χ0) is 19.6. The van der Waals surface area contributed by atoms with Gasteiger partial charge in [0.1, 0.15) is 0 Å². The van der Waals surface area contributed by atoms with Crippen LogP contribution in [-0.2, 0) is 16.3 Å². The van der Waals surface area contributed by atoms with Gasteiger partial charge in [0.2, 0.25) is 0 Å². The molecule has 0 heterocycles. The van der Waals surface area contributed by atoms with Gasteiger partial charge in [-0.2, -0.15) is 0 Å². The van der Waals surface area contributed by atoms with Crippen molar-refractivity contribution in [3.05, 3.63) is 29.8 Å². The Balaban J connectivity index is 2.42. The second-order valence-corrected chi connectivity index (χ2v) is 9.89. The summed E-state index contributed by atoms with van der Waals surface area (Å²) in [5.41, 5.74) is 1.49. The predicted molar refractivity (Wildman–Crippen MR) is 111 cm³/mol. The molecule has 1 aromatic carbocycles. The Hall–Kier alpha value is -1.56. The molecule has 0 saturated heterocycles. The highest BCUT2D eigenvalue weighted by Crippen LogP contribution is 2.21. The lowest BCUT2D eigenvalue weighted by atomic mass is 9.90. The average molecular weight is 382 g/mol. The van der Waals surface area contributed by atoms with E-state index in [-0.39, 0.29) is 0 Å². The first-order valence-corrected chi connectivity index (χ1v) is 11.3. The number of hydrogen-bond acceptors (Lipinski definition) is 3. The minimum Gasteiger partial charge on any atom is -0.357 e. The summed E-state index contributed by atoms with van der Waals surface area (Å²) < 4.78 is 23.0. The molecule has 0 bridgehead atoms. The molecule has 0 atom stereocenters. The van der Waals surface area contributed by atoms with Crippen molar-refractivity contribution in [1.29, 1.82) is 0 Å². The first-order valence-electron chi connectivity index (χ1n) is 9.43. The first kappa shape index (κ1) is 22.5. The minimum absolute atomic E-state index is 0.361. The molecule has 0 unspecified atom stereocenters. The largest absolute Gasteiger partial charge is 0.357 e. The number of guanidine groups is 1. The zero-order valence-electron chi connectivity index (χ0n) is 16.9. The van der Waals surface area contributed by atoms with Crippen LogP contribution in [0.2, 0.25) is 0 Å². The third-order valence-electron chi connectivity index (χ3n) is 4.01. The van der Waals surface area contributed by atoms with Crippen molar-refractivity contribution in [3.63, 3.8) is 0 Å². The predicted octanol–water partition coefficient (Wildman–Crippen LogP) is 3.40. The molecule has 0 spiro atoms. The molecule has 0 aromatic heterocycles. The smallest absolute Gasteiger partial charge is 0.191 e. The fraction of sp³-hybridized carbons (Fsp3) is 0.650. The van der Waals surface area contributed by atoms with Crippen LogP contribution in [0.3, 0.4) is 0 Å². The van der Waals surface area contributed by atoms with Crippen LogP contribution < -0.4 is 10.6 Å². The summed E-state index contributed by atoms with van der Waals surface area (Å²) in [6.07, 6.45) is 5.55. The Morgan fingerprint density at radius 2 is 1.73 bits per heavy atom. The van der Waals surface area contributed by atoms with Crippen LogP contribution in [0.15, 0.2) is 34.2 Å². The molecule has 5 nitrogen and oxygen atoms in total. The van der Waals surface area contributed by atoms with Crippen molar-refractivity contribution in [2.24, 2.45) is 10.4 Å². The SMILES string of the molecule is CCNC(=NCCCCC(C)(C)C)NCCc1ccc(S(C)(=O)=O)cc1. The number of nitrogens with zero attached hydrogens (tertiary/aromatic N) is 1. The molecule has 1 aromatic rings. The van der Waals surface area contributed by atoms with Gasteiger partial charge in [-0.3, -0.25) is 4.99 Å². The van der Waals surface area contributed by atoms with Gasteiger partial charge in [0.05, 0.1) is 4.90 Å². The lowest BCUT2D eigenvalue weighted by Crippen LogP contribution is -2.38. The van der Waals surface area contributed by atoms with E-state index in [1.165, 1.54) is 19.1 Å². The molecule has 0 saturated carbocycles. The zero-order valence-corrected chi connectivity index (χ0v) is 17.7. The Bertz CT molecular complexity index is 659. The Morgan fingerprint density at radius 1 is 1.08 bits per heavy atom. The van der Waals surface area contributed by atoms with Crippen LogP contribution in [0.25, 0.3) is 0 Å². The van der Waals surface area contributed by atoms with Crippen molar-refractivity contribution in [1.82, 2.24) is 10.6 Å². The van der Waals surface area contributed by atoms with E-state index in [9.17, 15) is 8.42 Å². The van der Waals surface area contributed by atoms with E-state index in [0.29, 0.717) is 10.3 Å². The van der Waals surface area contributed by atoms with Crippen molar-refractivity contribution >= 4 is 15.8 Å². The first-order chi connectivity index (χ1) is 12.1. The van der Waals surface area contributed by atoms with E-state index in [4.69, 9.17) is 0 Å². The molecule has 0 aliphatic carbocycles. The third-order valence-corrected chi connectivity index (χ3v) is 5.14. The summed E-state index contributed by atoms with van der Waals surface area (Å²) in [5.74, 6) is 0.844. The Morgan fingerprint density at radius 3 is 2.27 bits per heavy atom. The van der Waals surface area contributed by atoms with Crippen LogP contribution in [0.1, 0.15) is 52.5 Å². The summed E-state index contributed by atoms with van der Waals surface area (Å²) in [7, 11) is -3.13. The van der Waals surface area contributed by atoms with E-state index in [2.05, 4.69) is 43.3 Å². The molecular weight excluding hydrogens is 346 g/mol. The highest BCUT2D eigenvalue weighted by atomic mass is 32.2. The number of nitrogens with one attached hydrogen (secondary N) is 2. The van der Waals surface area contributed by atoms with Gasteiger partial charge in [-0.05, 0) is 49.3 Å². The second-order valence-electron chi connectivity index (χ2n) is 7.87. The van der Waals surface area contributed by atoms with Crippen LogP contribution >= 0.6 is 0 Å². The van der Waals surface area contributed by atoms with E-state index in [1.54, 1.807) is 12.1 Å². The molecule has 0 radical (unpaired) electrons. The molecular formula is C20H35N3O2S. The molecule has 2 N–H and O–H groups in total. The molecule has 6 heteroatoms. The number of benzene rings is 1. The maximum Gasteiger partial charge on any atom is 0.191 e. The molecule has 148 valence electrons. The maximum absolute atomic E-state index is 11.5. The molecule has 0 fully saturated rings. The maximum atomic E-state index is 11.5. The lowest BCUT2D eigenvalue weighted by molar-refractivity contribution is 0.361.